The van der Waals surface area contributed by atoms with Crippen LogP contribution in [0.4, 0.5) is 5.13 Å². The Morgan fingerprint density at radius 3 is 2.69 bits per heavy atom. The molecule has 0 radical (unpaired) electrons. The summed E-state index contributed by atoms with van der Waals surface area (Å²) in [6.07, 6.45) is 1.04. The van der Waals surface area contributed by atoms with Crippen molar-refractivity contribution in [3.8, 4) is 0 Å². The van der Waals surface area contributed by atoms with E-state index in [1.807, 2.05) is 23.6 Å². The first-order valence-corrected chi connectivity index (χ1v) is 8.94. The van der Waals surface area contributed by atoms with Gasteiger partial charge in [0.15, 0.2) is 5.13 Å². The van der Waals surface area contributed by atoms with E-state index < -0.39 is 6.19 Å². The van der Waals surface area contributed by atoms with E-state index in [2.05, 4.69) is 29.1 Å². The van der Waals surface area contributed by atoms with Crippen molar-refractivity contribution in [1.82, 2.24) is 4.98 Å². The lowest BCUT2D eigenvalue weighted by atomic mass is 10.4. The van der Waals surface area contributed by atoms with Crippen molar-refractivity contribution in [3.63, 3.8) is 0 Å². The fraction of sp³-hybridized carbons (Fsp3) is 0.182. The number of nitrogens with zero attached hydrogens (tertiary/aromatic N) is 1. The highest BCUT2D eigenvalue weighted by atomic mass is 32.4. The van der Waals surface area contributed by atoms with E-state index in [1.54, 1.807) is 17.5 Å². The Morgan fingerprint density at radius 1 is 1.38 bits per heavy atom. The maximum Gasteiger partial charge on any atom is 0.186 e. The van der Waals surface area contributed by atoms with E-state index in [0.717, 1.165) is 11.3 Å². The SMILES string of the molecule is CCP(=S)(Nc1nccs1)c1ccccc1. The molecule has 0 saturated carbocycles. The van der Waals surface area contributed by atoms with Crippen molar-refractivity contribution in [2.45, 2.75) is 6.92 Å². The van der Waals surface area contributed by atoms with Crippen molar-refractivity contribution in [1.29, 1.82) is 0 Å². The number of anilines is 1. The van der Waals surface area contributed by atoms with Crippen molar-refractivity contribution in [3.05, 3.63) is 41.9 Å². The van der Waals surface area contributed by atoms with Crippen LogP contribution in [-0.2, 0) is 11.8 Å². The van der Waals surface area contributed by atoms with E-state index >= 15 is 0 Å². The number of aromatic nitrogens is 1. The number of hydrogen-bond donors (Lipinski definition) is 1. The van der Waals surface area contributed by atoms with Gasteiger partial charge in [-0.05, 0) is 6.16 Å². The normalized spacial score (nSPS) is 14.3. The molecule has 2 aromatic rings. The fourth-order valence-corrected chi connectivity index (χ4v) is 4.95. The van der Waals surface area contributed by atoms with Gasteiger partial charge in [-0.1, -0.05) is 49.1 Å². The average molecular weight is 268 g/mol. The molecule has 5 heteroatoms. The van der Waals surface area contributed by atoms with Crippen LogP contribution in [0.1, 0.15) is 6.92 Å². The standard InChI is InChI=1S/C11H13N2PS2/c1-2-14(15,10-6-4-3-5-7-10)13-11-12-8-9-16-11/h3-9H,2H2,1H3,(H,12,13,15). The highest BCUT2D eigenvalue weighted by Crippen LogP contribution is 2.44. The largest absolute Gasteiger partial charge is 0.330 e. The molecule has 0 aliphatic carbocycles. The molecule has 2 rings (SSSR count). The molecule has 0 aliphatic heterocycles. The number of nitrogens with one attached hydrogen (secondary N) is 1. The maximum absolute atomic E-state index is 5.78. The second-order valence-corrected chi connectivity index (χ2v) is 8.96. The lowest BCUT2D eigenvalue weighted by molar-refractivity contribution is 1.41. The van der Waals surface area contributed by atoms with Crippen molar-refractivity contribution in [2.75, 3.05) is 11.2 Å². The van der Waals surface area contributed by atoms with Gasteiger partial charge in [0.1, 0.15) is 0 Å². The number of hydrogen-bond acceptors (Lipinski definition) is 3. The van der Waals surface area contributed by atoms with Gasteiger partial charge < -0.3 is 5.09 Å². The molecule has 84 valence electrons. The Labute approximate surface area is 105 Å². The Kier molecular flexibility index (Phi) is 3.74. The molecular formula is C11H13N2PS2. The first kappa shape index (κ1) is 11.8. The molecule has 2 nitrogen and oxygen atoms in total. The highest BCUT2D eigenvalue weighted by molar-refractivity contribution is 8.19. The zero-order valence-electron chi connectivity index (χ0n) is 8.96. The predicted octanol–water partition coefficient (Wildman–Crippen LogP) is 3.29. The summed E-state index contributed by atoms with van der Waals surface area (Å²) >= 11 is 7.38. The zero-order chi connectivity index (χ0) is 11.4. The van der Waals surface area contributed by atoms with Gasteiger partial charge in [-0.15, -0.1) is 11.3 Å². The van der Waals surface area contributed by atoms with Gasteiger partial charge in [0, 0.05) is 16.9 Å². The summed E-state index contributed by atoms with van der Waals surface area (Å²) in [5.41, 5.74) is 0. The van der Waals surface area contributed by atoms with Crippen LogP contribution in [0.25, 0.3) is 0 Å². The quantitative estimate of drug-likeness (QED) is 0.861. The molecule has 0 saturated heterocycles. The zero-order valence-corrected chi connectivity index (χ0v) is 11.5. The lowest BCUT2D eigenvalue weighted by Crippen LogP contribution is -2.12. The van der Waals surface area contributed by atoms with Crippen LogP contribution in [0.15, 0.2) is 41.9 Å². The van der Waals surface area contributed by atoms with Crippen LogP contribution >= 0.6 is 17.5 Å². The molecule has 1 unspecified atom stereocenters. The Balaban J connectivity index is 2.30. The summed E-state index contributed by atoms with van der Waals surface area (Å²) in [7, 11) is 0. The smallest absolute Gasteiger partial charge is 0.186 e. The van der Waals surface area contributed by atoms with Crippen LogP contribution in [-0.4, -0.2) is 11.1 Å². The predicted molar refractivity (Wildman–Crippen MR) is 76.6 cm³/mol. The molecule has 1 atom stereocenters. The summed E-state index contributed by atoms with van der Waals surface area (Å²) in [5.74, 6) is 0. The van der Waals surface area contributed by atoms with Gasteiger partial charge in [0.25, 0.3) is 0 Å². The van der Waals surface area contributed by atoms with Crippen LogP contribution in [0.2, 0.25) is 0 Å². The minimum Gasteiger partial charge on any atom is -0.330 e. The average Bonchev–Trinajstić information content (AvgIpc) is 2.83. The highest BCUT2D eigenvalue weighted by Gasteiger charge is 2.17. The van der Waals surface area contributed by atoms with Gasteiger partial charge in [0.2, 0.25) is 0 Å². The molecule has 1 aromatic heterocycles. The van der Waals surface area contributed by atoms with E-state index in [4.69, 9.17) is 11.8 Å². The molecule has 1 N–H and O–H groups in total. The lowest BCUT2D eigenvalue weighted by Gasteiger charge is -2.21. The molecule has 0 bridgehead atoms. The third kappa shape index (κ3) is 2.51. The van der Waals surface area contributed by atoms with Crippen molar-refractivity contribution < 1.29 is 0 Å². The van der Waals surface area contributed by atoms with E-state index in [0.29, 0.717) is 0 Å². The summed E-state index contributed by atoms with van der Waals surface area (Å²) < 4.78 is 0. The minimum absolute atomic E-state index is 0.925. The van der Waals surface area contributed by atoms with Crippen molar-refractivity contribution >= 4 is 39.8 Å². The van der Waals surface area contributed by atoms with Crippen molar-refractivity contribution in [2.24, 2.45) is 0 Å². The Bertz CT molecular complexity index is 482. The number of benzene rings is 1. The van der Waals surface area contributed by atoms with Crippen LogP contribution in [0, 0.1) is 0 Å². The molecule has 1 heterocycles. The first-order valence-electron chi connectivity index (χ1n) is 5.07. The van der Waals surface area contributed by atoms with Gasteiger partial charge in [0.05, 0.1) is 6.19 Å². The number of rotatable bonds is 4. The summed E-state index contributed by atoms with van der Waals surface area (Å²) in [5, 5.41) is 7.55. The van der Waals surface area contributed by atoms with Crippen LogP contribution in [0.3, 0.4) is 0 Å². The molecule has 16 heavy (non-hydrogen) atoms. The molecular weight excluding hydrogens is 255 g/mol. The van der Waals surface area contributed by atoms with Gasteiger partial charge in [-0.25, -0.2) is 4.98 Å². The second-order valence-electron chi connectivity index (χ2n) is 3.34. The molecule has 1 aromatic carbocycles. The van der Waals surface area contributed by atoms with Gasteiger partial charge in [-0.2, -0.15) is 0 Å². The summed E-state index contributed by atoms with van der Waals surface area (Å²) in [4.78, 5) is 4.24. The topological polar surface area (TPSA) is 24.9 Å². The second kappa shape index (κ2) is 5.09. The first-order chi connectivity index (χ1) is 7.74. The fourth-order valence-electron chi connectivity index (χ4n) is 1.43. The molecule has 0 aliphatic rings. The number of thiazole rings is 1. The van der Waals surface area contributed by atoms with E-state index in [1.165, 1.54) is 5.30 Å². The summed E-state index contributed by atoms with van der Waals surface area (Å²) in [6, 6.07) is 10.3. The Hall–Kier alpha value is -0.700. The summed E-state index contributed by atoms with van der Waals surface area (Å²) in [6.45, 7) is 2.13. The van der Waals surface area contributed by atoms with Crippen LogP contribution in [0.5, 0.6) is 0 Å². The van der Waals surface area contributed by atoms with Gasteiger partial charge in [-0.3, -0.25) is 0 Å². The molecule has 0 fully saturated rings. The van der Waals surface area contributed by atoms with E-state index in [-0.39, 0.29) is 0 Å². The molecule has 0 spiro atoms. The third-order valence-corrected chi connectivity index (χ3v) is 7.44. The van der Waals surface area contributed by atoms with Crippen LogP contribution < -0.4 is 10.4 Å². The Morgan fingerprint density at radius 2 is 2.12 bits per heavy atom. The minimum atomic E-state index is -1.71. The third-order valence-electron chi connectivity index (χ3n) is 2.33. The van der Waals surface area contributed by atoms with Gasteiger partial charge >= 0.3 is 0 Å². The molecule has 0 amide bonds. The van der Waals surface area contributed by atoms with E-state index in [9.17, 15) is 0 Å². The maximum atomic E-state index is 5.78. The monoisotopic (exact) mass is 268 g/mol.